The highest BCUT2D eigenvalue weighted by Gasteiger charge is 2.26. The number of aryl methyl sites for hydroxylation is 1. The van der Waals surface area contributed by atoms with Crippen LogP contribution in [0.4, 0.5) is 0 Å². The van der Waals surface area contributed by atoms with Crippen molar-refractivity contribution in [1.29, 1.82) is 0 Å². The van der Waals surface area contributed by atoms with Crippen LogP contribution >= 0.6 is 11.6 Å². The van der Waals surface area contributed by atoms with E-state index in [1.165, 1.54) is 0 Å². The Morgan fingerprint density at radius 3 is 2.54 bits per heavy atom. The fourth-order valence-electron chi connectivity index (χ4n) is 3.73. The molecule has 4 nitrogen and oxygen atoms in total. The molecule has 0 spiro atoms. The second-order valence-electron chi connectivity index (χ2n) is 7.05. The van der Waals surface area contributed by atoms with Crippen molar-refractivity contribution in [2.24, 2.45) is 0 Å². The molecule has 1 aliphatic carbocycles. The molecule has 0 radical (unpaired) electrons. The first-order chi connectivity index (χ1) is 13.5. The Labute approximate surface area is 168 Å². The standard InChI is InChI=1S/C23H20ClNO3/c1-14(22(26)15-10-12-16(24)13-11-15)28-23(27)21-17-6-2-4-8-19(17)25-20-9-5-3-7-18(20)21/h2,4,6,8,10-14H,3,5,7,9H2,1H3/t14-/m0/s1. The van der Waals surface area contributed by atoms with Crippen LogP contribution in [-0.2, 0) is 17.6 Å². The lowest BCUT2D eigenvalue weighted by molar-refractivity contribution is 0.0319. The van der Waals surface area contributed by atoms with Gasteiger partial charge >= 0.3 is 5.97 Å². The predicted molar refractivity (Wildman–Crippen MR) is 109 cm³/mol. The fourth-order valence-corrected chi connectivity index (χ4v) is 3.85. The van der Waals surface area contributed by atoms with Crippen molar-refractivity contribution in [3.63, 3.8) is 0 Å². The molecule has 0 aliphatic heterocycles. The number of nitrogens with zero attached hydrogens (tertiary/aromatic N) is 1. The van der Waals surface area contributed by atoms with Gasteiger partial charge < -0.3 is 4.74 Å². The summed E-state index contributed by atoms with van der Waals surface area (Å²) in [5, 5.41) is 1.33. The number of carbonyl (C=O) groups excluding carboxylic acids is 2. The number of ether oxygens (including phenoxy) is 1. The van der Waals surface area contributed by atoms with Crippen molar-refractivity contribution in [3.8, 4) is 0 Å². The van der Waals surface area contributed by atoms with Crippen molar-refractivity contribution in [2.45, 2.75) is 38.7 Å². The molecule has 3 aromatic rings. The van der Waals surface area contributed by atoms with Gasteiger partial charge in [0, 0.05) is 21.7 Å². The van der Waals surface area contributed by atoms with Crippen LogP contribution in [0.3, 0.4) is 0 Å². The van der Waals surface area contributed by atoms with Crippen LogP contribution in [0, 0.1) is 0 Å². The van der Waals surface area contributed by atoms with Gasteiger partial charge in [-0.15, -0.1) is 0 Å². The third-order valence-corrected chi connectivity index (χ3v) is 5.41. The highest BCUT2D eigenvalue weighted by molar-refractivity contribution is 6.30. The summed E-state index contributed by atoms with van der Waals surface area (Å²) < 4.78 is 5.61. The van der Waals surface area contributed by atoms with Gasteiger partial charge in [0.15, 0.2) is 6.10 Å². The monoisotopic (exact) mass is 393 g/mol. The van der Waals surface area contributed by atoms with Crippen LogP contribution in [0.1, 0.15) is 51.7 Å². The largest absolute Gasteiger partial charge is 0.451 e. The van der Waals surface area contributed by atoms with Crippen LogP contribution in [0.5, 0.6) is 0 Å². The van der Waals surface area contributed by atoms with E-state index in [9.17, 15) is 9.59 Å². The molecule has 142 valence electrons. The number of halogens is 1. The van der Waals surface area contributed by atoms with E-state index in [2.05, 4.69) is 0 Å². The number of esters is 1. The average molecular weight is 394 g/mol. The highest BCUT2D eigenvalue weighted by Crippen LogP contribution is 2.30. The van der Waals surface area contributed by atoms with Crippen molar-refractivity contribution in [1.82, 2.24) is 4.98 Å². The van der Waals surface area contributed by atoms with Gasteiger partial charge in [-0.2, -0.15) is 0 Å². The van der Waals surface area contributed by atoms with E-state index in [-0.39, 0.29) is 5.78 Å². The number of hydrogen-bond acceptors (Lipinski definition) is 4. The van der Waals surface area contributed by atoms with Gasteiger partial charge in [0.05, 0.1) is 11.1 Å². The molecule has 0 amide bonds. The maximum atomic E-state index is 13.1. The third-order valence-electron chi connectivity index (χ3n) is 5.16. The molecule has 28 heavy (non-hydrogen) atoms. The number of carbonyl (C=O) groups is 2. The van der Waals surface area contributed by atoms with E-state index in [1.54, 1.807) is 31.2 Å². The molecule has 0 saturated heterocycles. The number of Topliss-reactive ketones (excluding diaryl/α,β-unsaturated/α-hetero) is 1. The highest BCUT2D eigenvalue weighted by atomic mass is 35.5. The topological polar surface area (TPSA) is 56.3 Å². The molecular formula is C23H20ClNO3. The Bertz CT molecular complexity index is 1060. The smallest absolute Gasteiger partial charge is 0.339 e. The van der Waals surface area contributed by atoms with Crippen LogP contribution in [0.25, 0.3) is 10.9 Å². The molecule has 0 bridgehead atoms. The first-order valence-corrected chi connectivity index (χ1v) is 9.83. The zero-order valence-electron chi connectivity index (χ0n) is 15.6. The number of ketones is 1. The fraction of sp³-hybridized carbons (Fsp3) is 0.261. The summed E-state index contributed by atoms with van der Waals surface area (Å²) in [6, 6.07) is 14.2. The molecule has 0 saturated carbocycles. The molecule has 1 heterocycles. The van der Waals surface area contributed by atoms with Gasteiger partial charge in [0.1, 0.15) is 0 Å². The molecule has 0 N–H and O–H groups in total. The molecule has 2 aromatic carbocycles. The number of para-hydroxylation sites is 1. The third kappa shape index (κ3) is 3.52. The quantitative estimate of drug-likeness (QED) is 0.452. The van der Waals surface area contributed by atoms with Crippen molar-refractivity contribution >= 4 is 34.3 Å². The molecule has 1 aliphatic rings. The van der Waals surface area contributed by atoms with E-state index in [0.717, 1.165) is 47.8 Å². The minimum absolute atomic E-state index is 0.253. The van der Waals surface area contributed by atoms with Gasteiger partial charge in [0.2, 0.25) is 5.78 Å². The van der Waals surface area contributed by atoms with Crippen LogP contribution in [0.2, 0.25) is 5.02 Å². The lowest BCUT2D eigenvalue weighted by Crippen LogP contribution is -2.26. The lowest BCUT2D eigenvalue weighted by Gasteiger charge is -2.21. The summed E-state index contributed by atoms with van der Waals surface area (Å²) >= 11 is 5.88. The van der Waals surface area contributed by atoms with Crippen molar-refractivity contribution in [2.75, 3.05) is 0 Å². The molecule has 1 atom stereocenters. The van der Waals surface area contributed by atoms with Crippen LogP contribution in [-0.4, -0.2) is 22.8 Å². The predicted octanol–water partition coefficient (Wildman–Crippen LogP) is 5.20. The Hall–Kier alpha value is -2.72. The molecule has 4 rings (SSSR count). The first-order valence-electron chi connectivity index (χ1n) is 9.46. The summed E-state index contributed by atoms with van der Waals surface area (Å²) in [5.74, 6) is -0.719. The maximum Gasteiger partial charge on any atom is 0.339 e. The zero-order valence-corrected chi connectivity index (χ0v) is 16.3. The average Bonchev–Trinajstić information content (AvgIpc) is 2.71. The van der Waals surface area contributed by atoms with Gasteiger partial charge in [-0.1, -0.05) is 29.8 Å². The maximum absolute atomic E-state index is 13.1. The van der Waals surface area contributed by atoms with E-state index < -0.39 is 12.1 Å². The Morgan fingerprint density at radius 2 is 1.75 bits per heavy atom. The number of aromatic nitrogens is 1. The van der Waals surface area contributed by atoms with Gasteiger partial charge in [-0.25, -0.2) is 4.79 Å². The second-order valence-corrected chi connectivity index (χ2v) is 7.49. The van der Waals surface area contributed by atoms with Gasteiger partial charge in [-0.3, -0.25) is 9.78 Å². The molecule has 0 unspecified atom stereocenters. The summed E-state index contributed by atoms with van der Waals surface area (Å²) in [5.41, 5.74) is 3.73. The van der Waals surface area contributed by atoms with Crippen LogP contribution < -0.4 is 0 Å². The molecule has 1 aromatic heterocycles. The summed E-state index contributed by atoms with van der Waals surface area (Å²) in [7, 11) is 0. The number of benzene rings is 2. The van der Waals surface area contributed by atoms with Gasteiger partial charge in [0.25, 0.3) is 0 Å². The molecule has 0 fully saturated rings. The minimum Gasteiger partial charge on any atom is -0.451 e. The summed E-state index contributed by atoms with van der Waals surface area (Å²) in [6.07, 6.45) is 2.86. The minimum atomic E-state index is -0.889. The Kier molecular flexibility index (Phi) is 5.14. The SMILES string of the molecule is C[C@H](OC(=O)c1c2c(nc3ccccc13)CCCC2)C(=O)c1ccc(Cl)cc1. The summed E-state index contributed by atoms with van der Waals surface area (Å²) in [6.45, 7) is 1.60. The lowest BCUT2D eigenvalue weighted by atomic mass is 9.90. The molecular weight excluding hydrogens is 374 g/mol. The number of fused-ring (bicyclic) bond motifs is 2. The van der Waals surface area contributed by atoms with Crippen molar-refractivity contribution in [3.05, 3.63) is 75.9 Å². The van der Waals surface area contributed by atoms with E-state index in [0.29, 0.717) is 16.1 Å². The Balaban J connectivity index is 1.67. The number of hydrogen-bond donors (Lipinski definition) is 0. The first kappa shape index (κ1) is 18.6. The number of pyridine rings is 1. The van der Waals surface area contributed by atoms with E-state index in [4.69, 9.17) is 21.3 Å². The van der Waals surface area contributed by atoms with E-state index >= 15 is 0 Å². The summed E-state index contributed by atoms with van der Waals surface area (Å²) in [4.78, 5) is 30.5. The number of rotatable bonds is 4. The van der Waals surface area contributed by atoms with Crippen molar-refractivity contribution < 1.29 is 14.3 Å². The molecule has 5 heteroatoms. The second kappa shape index (κ2) is 7.72. The normalized spacial score (nSPS) is 14.4. The van der Waals surface area contributed by atoms with Crippen LogP contribution in [0.15, 0.2) is 48.5 Å². The van der Waals surface area contributed by atoms with E-state index in [1.807, 2.05) is 24.3 Å². The van der Waals surface area contributed by atoms with Gasteiger partial charge in [-0.05, 0) is 68.5 Å². The zero-order chi connectivity index (χ0) is 19.7. The Morgan fingerprint density at radius 1 is 1.04 bits per heavy atom.